The van der Waals surface area contributed by atoms with E-state index in [2.05, 4.69) is 25.7 Å². The summed E-state index contributed by atoms with van der Waals surface area (Å²) in [7, 11) is 0. The molecule has 2 N–H and O–H groups in total. The van der Waals surface area contributed by atoms with E-state index in [9.17, 15) is 0 Å². The van der Waals surface area contributed by atoms with Crippen molar-refractivity contribution >= 4 is 17.2 Å². The monoisotopic (exact) mass is 228 g/mol. The Balaban J connectivity index is 2.61. The molecular weight excluding hydrogens is 204 g/mol. The largest absolute Gasteiger partial charge is 0.393 e. The van der Waals surface area contributed by atoms with Gasteiger partial charge in [-0.3, -0.25) is 4.90 Å². The fraction of sp³-hybridized carbons (Fsp3) is 0.917. The summed E-state index contributed by atoms with van der Waals surface area (Å²) < 4.78 is 0. The third-order valence-corrected chi connectivity index (χ3v) is 3.66. The summed E-state index contributed by atoms with van der Waals surface area (Å²) in [6.07, 6.45) is 4.71. The van der Waals surface area contributed by atoms with Crippen molar-refractivity contribution in [3.63, 3.8) is 0 Å². The van der Waals surface area contributed by atoms with Crippen molar-refractivity contribution < 1.29 is 0 Å². The highest BCUT2D eigenvalue weighted by Gasteiger charge is 2.31. The molecule has 2 atom stereocenters. The van der Waals surface area contributed by atoms with Crippen molar-refractivity contribution in [2.75, 3.05) is 6.54 Å². The minimum absolute atomic E-state index is 0.567. The average Bonchev–Trinajstić information content (AvgIpc) is 2.62. The van der Waals surface area contributed by atoms with Gasteiger partial charge in [-0.1, -0.05) is 33.0 Å². The van der Waals surface area contributed by atoms with Crippen LogP contribution in [0, 0.1) is 5.92 Å². The molecule has 1 rings (SSSR count). The molecule has 0 aromatic rings. The molecule has 0 bridgehead atoms. The lowest BCUT2D eigenvalue weighted by molar-refractivity contribution is 0.145. The van der Waals surface area contributed by atoms with E-state index >= 15 is 0 Å². The van der Waals surface area contributed by atoms with Crippen molar-refractivity contribution in [2.24, 2.45) is 11.7 Å². The van der Waals surface area contributed by atoms with Gasteiger partial charge in [-0.15, -0.1) is 0 Å². The molecule has 3 heteroatoms. The molecule has 0 aromatic heterocycles. The molecule has 0 amide bonds. The number of hydrogen-bond acceptors (Lipinski definition) is 2. The number of nitrogens with two attached hydrogens (primary N) is 1. The van der Waals surface area contributed by atoms with Crippen LogP contribution in [0.1, 0.15) is 46.5 Å². The number of hydrogen-bond donors (Lipinski definition) is 1. The predicted octanol–water partition coefficient (Wildman–Crippen LogP) is 2.56. The van der Waals surface area contributed by atoms with Gasteiger partial charge in [0, 0.05) is 18.5 Å². The Labute approximate surface area is 99.2 Å². The number of thiocarbonyl (C=S) groups is 1. The van der Waals surface area contributed by atoms with Gasteiger partial charge in [-0.2, -0.15) is 0 Å². The zero-order valence-corrected chi connectivity index (χ0v) is 11.0. The van der Waals surface area contributed by atoms with E-state index in [-0.39, 0.29) is 0 Å². The fourth-order valence-corrected chi connectivity index (χ4v) is 2.91. The van der Waals surface area contributed by atoms with Crippen molar-refractivity contribution in [1.29, 1.82) is 0 Å². The Kier molecular flexibility index (Phi) is 5.00. The van der Waals surface area contributed by atoms with Gasteiger partial charge < -0.3 is 5.73 Å². The minimum Gasteiger partial charge on any atom is -0.393 e. The molecule has 1 saturated heterocycles. The van der Waals surface area contributed by atoms with E-state index in [4.69, 9.17) is 18.0 Å². The highest BCUT2D eigenvalue weighted by atomic mass is 32.1. The maximum atomic E-state index is 5.66. The maximum Gasteiger partial charge on any atom is 0.0743 e. The van der Waals surface area contributed by atoms with E-state index in [0.717, 1.165) is 24.8 Å². The lowest BCUT2D eigenvalue weighted by Gasteiger charge is -2.34. The Morgan fingerprint density at radius 3 is 2.67 bits per heavy atom. The quantitative estimate of drug-likeness (QED) is 0.733. The second-order valence-corrected chi connectivity index (χ2v) is 5.45. The van der Waals surface area contributed by atoms with E-state index in [1.54, 1.807) is 0 Å². The van der Waals surface area contributed by atoms with Crippen LogP contribution in [0.5, 0.6) is 0 Å². The Morgan fingerprint density at radius 1 is 1.53 bits per heavy atom. The second kappa shape index (κ2) is 5.80. The van der Waals surface area contributed by atoms with Crippen LogP contribution in [0.25, 0.3) is 0 Å². The van der Waals surface area contributed by atoms with Gasteiger partial charge >= 0.3 is 0 Å². The summed E-state index contributed by atoms with van der Waals surface area (Å²) in [5, 5.41) is 0. The molecule has 1 aliphatic heterocycles. The number of nitrogens with zero attached hydrogens (tertiary/aromatic N) is 1. The lowest BCUT2D eigenvalue weighted by Crippen LogP contribution is -2.43. The summed E-state index contributed by atoms with van der Waals surface area (Å²) in [4.78, 5) is 3.29. The molecule has 1 fully saturated rings. The van der Waals surface area contributed by atoms with Gasteiger partial charge in [-0.25, -0.2) is 0 Å². The van der Waals surface area contributed by atoms with Crippen LogP contribution in [0.3, 0.4) is 0 Å². The van der Waals surface area contributed by atoms with Crippen LogP contribution in [0.2, 0.25) is 0 Å². The van der Waals surface area contributed by atoms with E-state index in [0.29, 0.717) is 11.0 Å². The summed E-state index contributed by atoms with van der Waals surface area (Å²) in [6, 6.07) is 1.31. The summed E-state index contributed by atoms with van der Waals surface area (Å²) in [6.45, 7) is 8.09. The van der Waals surface area contributed by atoms with E-state index in [1.807, 2.05) is 0 Å². The van der Waals surface area contributed by atoms with Crippen LogP contribution in [-0.2, 0) is 0 Å². The van der Waals surface area contributed by atoms with Crippen molar-refractivity contribution in [2.45, 2.75) is 58.5 Å². The zero-order chi connectivity index (χ0) is 11.4. The van der Waals surface area contributed by atoms with Crippen molar-refractivity contribution in [3.8, 4) is 0 Å². The molecule has 2 unspecified atom stereocenters. The van der Waals surface area contributed by atoms with Gasteiger partial charge in [0.05, 0.1) is 4.99 Å². The van der Waals surface area contributed by atoms with Gasteiger partial charge in [0.25, 0.3) is 0 Å². The Morgan fingerprint density at radius 2 is 2.20 bits per heavy atom. The number of likely N-dealkylation sites (tertiary alicyclic amines) is 1. The topological polar surface area (TPSA) is 29.3 Å². The standard InChI is InChI=1S/C12H24N2S/c1-4-10(8-12(13)15)14-7-5-6-11(14)9(2)3/h9-11H,4-8H2,1-3H3,(H2,13,15). The van der Waals surface area contributed by atoms with Crippen LogP contribution >= 0.6 is 12.2 Å². The third kappa shape index (κ3) is 3.42. The molecule has 15 heavy (non-hydrogen) atoms. The summed E-state index contributed by atoms with van der Waals surface area (Å²) in [5.74, 6) is 0.743. The first kappa shape index (κ1) is 12.9. The first-order valence-corrected chi connectivity index (χ1v) is 6.51. The minimum atomic E-state index is 0.567. The van der Waals surface area contributed by atoms with Gasteiger partial charge in [-0.05, 0) is 31.7 Å². The molecular formula is C12H24N2S. The van der Waals surface area contributed by atoms with Gasteiger partial charge in [0.15, 0.2) is 0 Å². The van der Waals surface area contributed by atoms with Crippen LogP contribution in [-0.4, -0.2) is 28.5 Å². The SMILES string of the molecule is CCC(CC(N)=S)N1CCCC1C(C)C. The normalized spacial score (nSPS) is 24.7. The maximum absolute atomic E-state index is 5.66. The van der Waals surface area contributed by atoms with Crippen molar-refractivity contribution in [1.82, 2.24) is 4.90 Å². The van der Waals surface area contributed by atoms with Gasteiger partial charge in [0.1, 0.15) is 0 Å². The van der Waals surface area contributed by atoms with E-state index in [1.165, 1.54) is 19.4 Å². The van der Waals surface area contributed by atoms with Crippen LogP contribution in [0.15, 0.2) is 0 Å². The first-order valence-electron chi connectivity index (χ1n) is 6.10. The highest BCUT2D eigenvalue weighted by molar-refractivity contribution is 7.80. The smallest absolute Gasteiger partial charge is 0.0743 e. The zero-order valence-electron chi connectivity index (χ0n) is 10.2. The van der Waals surface area contributed by atoms with Gasteiger partial charge in [0.2, 0.25) is 0 Å². The molecule has 88 valence electrons. The molecule has 0 aromatic carbocycles. The lowest BCUT2D eigenvalue weighted by atomic mass is 9.99. The molecule has 0 aliphatic carbocycles. The molecule has 1 heterocycles. The molecule has 0 radical (unpaired) electrons. The van der Waals surface area contributed by atoms with Crippen LogP contribution < -0.4 is 5.73 Å². The fourth-order valence-electron chi connectivity index (χ4n) is 2.71. The predicted molar refractivity (Wildman–Crippen MR) is 70.0 cm³/mol. The number of rotatable bonds is 5. The Bertz CT molecular complexity index is 216. The Hall–Kier alpha value is -0.150. The second-order valence-electron chi connectivity index (χ2n) is 4.92. The summed E-state index contributed by atoms with van der Waals surface area (Å²) >= 11 is 5.03. The van der Waals surface area contributed by atoms with Crippen molar-refractivity contribution in [3.05, 3.63) is 0 Å². The molecule has 0 spiro atoms. The first-order chi connectivity index (χ1) is 7.06. The molecule has 1 aliphatic rings. The summed E-state index contributed by atoms with van der Waals surface area (Å²) in [5.41, 5.74) is 5.66. The average molecular weight is 228 g/mol. The van der Waals surface area contributed by atoms with E-state index < -0.39 is 0 Å². The molecule has 0 saturated carbocycles. The highest BCUT2D eigenvalue weighted by Crippen LogP contribution is 2.27. The molecule has 2 nitrogen and oxygen atoms in total. The third-order valence-electron chi connectivity index (χ3n) is 3.49. The van der Waals surface area contributed by atoms with Crippen LogP contribution in [0.4, 0.5) is 0 Å².